The van der Waals surface area contributed by atoms with Crippen molar-refractivity contribution < 1.29 is 0 Å². The van der Waals surface area contributed by atoms with Crippen LogP contribution < -0.4 is 10.2 Å². The topological polar surface area (TPSA) is 28.2 Å². The first-order valence-corrected chi connectivity index (χ1v) is 9.33. The Morgan fingerprint density at radius 3 is 2.71 bits per heavy atom. The number of nitrogens with one attached hydrogen (secondary N) is 1. The van der Waals surface area contributed by atoms with Crippen molar-refractivity contribution in [3.8, 4) is 0 Å². The van der Waals surface area contributed by atoms with E-state index in [1.807, 2.05) is 6.20 Å². The van der Waals surface area contributed by atoms with Crippen LogP contribution in [-0.2, 0) is 0 Å². The maximum absolute atomic E-state index is 4.66. The Kier molecular flexibility index (Phi) is 4.63. The number of piperidine rings is 1. The van der Waals surface area contributed by atoms with Crippen LogP contribution in [0.15, 0.2) is 18.3 Å². The van der Waals surface area contributed by atoms with E-state index in [1.165, 1.54) is 42.9 Å². The van der Waals surface area contributed by atoms with Gasteiger partial charge in [0.1, 0.15) is 5.82 Å². The number of rotatable bonds is 3. The van der Waals surface area contributed by atoms with Gasteiger partial charge < -0.3 is 10.2 Å². The molecule has 2 saturated heterocycles. The second-order valence-corrected chi connectivity index (χ2v) is 8.21. The van der Waals surface area contributed by atoms with Crippen molar-refractivity contribution in [2.24, 2.45) is 5.41 Å². The SMILES string of the molecule is CC1(C)CSCC(Nc2ccc(N3CCCCC3)nc2)C1. The molecule has 1 N–H and O–H groups in total. The lowest BCUT2D eigenvalue weighted by Gasteiger charge is -2.35. The molecule has 1 aromatic rings. The Morgan fingerprint density at radius 2 is 2.05 bits per heavy atom. The van der Waals surface area contributed by atoms with Crippen molar-refractivity contribution in [1.29, 1.82) is 0 Å². The molecule has 2 aliphatic rings. The van der Waals surface area contributed by atoms with E-state index in [9.17, 15) is 0 Å². The minimum atomic E-state index is 0.446. The second kappa shape index (κ2) is 6.47. The van der Waals surface area contributed by atoms with Crippen molar-refractivity contribution in [3.63, 3.8) is 0 Å². The molecule has 0 aromatic carbocycles. The van der Waals surface area contributed by atoms with Crippen molar-refractivity contribution in [2.75, 3.05) is 34.8 Å². The lowest BCUT2D eigenvalue weighted by molar-refractivity contribution is 0.358. The fraction of sp³-hybridized carbons (Fsp3) is 0.706. The van der Waals surface area contributed by atoms with Gasteiger partial charge in [0.05, 0.1) is 11.9 Å². The average Bonchev–Trinajstić information content (AvgIpc) is 2.48. The van der Waals surface area contributed by atoms with E-state index in [-0.39, 0.29) is 0 Å². The van der Waals surface area contributed by atoms with Crippen LogP contribution in [0.2, 0.25) is 0 Å². The standard InChI is InChI=1S/C17H27N3S/c1-17(2)10-15(12-21-13-17)19-14-6-7-16(18-11-14)20-8-4-3-5-9-20/h6-7,11,15,19H,3-5,8-10,12-13H2,1-2H3. The smallest absolute Gasteiger partial charge is 0.128 e. The van der Waals surface area contributed by atoms with E-state index < -0.39 is 0 Å². The zero-order chi connectivity index (χ0) is 14.7. The molecule has 0 bridgehead atoms. The van der Waals surface area contributed by atoms with Crippen molar-refractivity contribution in [1.82, 2.24) is 4.98 Å². The number of thioether (sulfide) groups is 1. The van der Waals surface area contributed by atoms with Crippen LogP contribution in [0, 0.1) is 5.41 Å². The van der Waals surface area contributed by atoms with Gasteiger partial charge in [0.25, 0.3) is 0 Å². The molecule has 3 heterocycles. The fourth-order valence-corrected chi connectivity index (χ4v) is 4.65. The number of hydrogen-bond donors (Lipinski definition) is 1. The molecule has 0 spiro atoms. The summed E-state index contributed by atoms with van der Waals surface area (Å²) in [4.78, 5) is 7.07. The van der Waals surface area contributed by atoms with E-state index in [0.717, 1.165) is 18.9 Å². The van der Waals surface area contributed by atoms with Crippen LogP contribution in [0.5, 0.6) is 0 Å². The van der Waals surface area contributed by atoms with E-state index in [0.29, 0.717) is 11.5 Å². The van der Waals surface area contributed by atoms with E-state index in [2.05, 4.69) is 52.9 Å². The highest BCUT2D eigenvalue weighted by atomic mass is 32.2. The number of pyridine rings is 1. The Balaban J connectivity index is 1.59. The lowest BCUT2D eigenvalue weighted by Crippen LogP contribution is -2.35. The normalized spacial score (nSPS) is 25.6. The molecule has 116 valence electrons. The summed E-state index contributed by atoms with van der Waals surface area (Å²) in [5.41, 5.74) is 1.61. The molecular formula is C17H27N3S. The Morgan fingerprint density at radius 1 is 1.24 bits per heavy atom. The van der Waals surface area contributed by atoms with Gasteiger partial charge in [-0.3, -0.25) is 0 Å². The number of aromatic nitrogens is 1. The van der Waals surface area contributed by atoms with Crippen LogP contribution in [-0.4, -0.2) is 35.6 Å². The van der Waals surface area contributed by atoms with E-state index in [4.69, 9.17) is 0 Å². The largest absolute Gasteiger partial charge is 0.380 e. The third-order valence-corrected chi connectivity index (χ3v) is 6.03. The van der Waals surface area contributed by atoms with Crippen molar-refractivity contribution in [3.05, 3.63) is 18.3 Å². The molecule has 1 atom stereocenters. The van der Waals surface area contributed by atoms with Gasteiger partial charge in [0.15, 0.2) is 0 Å². The van der Waals surface area contributed by atoms with Crippen LogP contribution >= 0.6 is 11.8 Å². The summed E-state index contributed by atoms with van der Waals surface area (Å²) in [7, 11) is 0. The minimum absolute atomic E-state index is 0.446. The van der Waals surface area contributed by atoms with Crippen molar-refractivity contribution >= 4 is 23.3 Å². The highest BCUT2D eigenvalue weighted by Gasteiger charge is 2.28. The quantitative estimate of drug-likeness (QED) is 0.913. The Bertz CT molecular complexity index is 452. The highest BCUT2D eigenvalue weighted by Crippen LogP contribution is 2.34. The lowest BCUT2D eigenvalue weighted by atomic mass is 9.88. The molecule has 0 saturated carbocycles. The van der Waals surface area contributed by atoms with Gasteiger partial charge in [-0.2, -0.15) is 11.8 Å². The molecule has 2 aliphatic heterocycles. The maximum Gasteiger partial charge on any atom is 0.128 e. The van der Waals surface area contributed by atoms with Crippen LogP contribution in [0.1, 0.15) is 39.5 Å². The summed E-state index contributed by atoms with van der Waals surface area (Å²) in [6, 6.07) is 4.94. The summed E-state index contributed by atoms with van der Waals surface area (Å²) in [6.45, 7) is 7.05. The molecule has 0 radical (unpaired) electrons. The molecule has 1 unspecified atom stereocenters. The average molecular weight is 305 g/mol. The Labute approximate surface area is 132 Å². The molecule has 3 nitrogen and oxygen atoms in total. The zero-order valence-electron chi connectivity index (χ0n) is 13.3. The third-order valence-electron chi connectivity index (χ3n) is 4.41. The van der Waals surface area contributed by atoms with Gasteiger partial charge in [-0.1, -0.05) is 13.8 Å². The van der Waals surface area contributed by atoms with Crippen molar-refractivity contribution in [2.45, 2.75) is 45.6 Å². The predicted molar refractivity (Wildman–Crippen MR) is 93.4 cm³/mol. The summed E-state index contributed by atoms with van der Waals surface area (Å²) in [5.74, 6) is 3.62. The third kappa shape index (κ3) is 4.06. The zero-order valence-corrected chi connectivity index (χ0v) is 14.1. The maximum atomic E-state index is 4.66. The molecule has 0 aliphatic carbocycles. The predicted octanol–water partition coefficient (Wildman–Crippen LogP) is 4.02. The van der Waals surface area contributed by atoms with Gasteiger partial charge in [-0.05, 0) is 49.0 Å². The molecule has 3 rings (SSSR count). The molecular weight excluding hydrogens is 278 g/mol. The first-order chi connectivity index (χ1) is 10.1. The molecule has 0 amide bonds. The van der Waals surface area contributed by atoms with Gasteiger partial charge in [-0.25, -0.2) is 4.98 Å². The Hall–Kier alpha value is -0.900. The van der Waals surface area contributed by atoms with Crippen LogP contribution in [0.25, 0.3) is 0 Å². The number of hydrogen-bond acceptors (Lipinski definition) is 4. The molecule has 1 aromatic heterocycles. The summed E-state index contributed by atoms with van der Waals surface area (Å²) in [6.07, 6.45) is 7.22. The van der Waals surface area contributed by atoms with Crippen LogP contribution in [0.3, 0.4) is 0 Å². The van der Waals surface area contributed by atoms with E-state index in [1.54, 1.807) is 0 Å². The summed E-state index contributed by atoms with van der Waals surface area (Å²) < 4.78 is 0. The molecule has 21 heavy (non-hydrogen) atoms. The molecule has 2 fully saturated rings. The summed E-state index contributed by atoms with van der Waals surface area (Å²) in [5, 5.41) is 3.66. The first kappa shape index (κ1) is 15.0. The van der Waals surface area contributed by atoms with Gasteiger partial charge in [-0.15, -0.1) is 0 Å². The van der Waals surface area contributed by atoms with Crippen LogP contribution in [0.4, 0.5) is 11.5 Å². The van der Waals surface area contributed by atoms with Gasteiger partial charge in [0, 0.05) is 24.9 Å². The van der Waals surface area contributed by atoms with Gasteiger partial charge >= 0.3 is 0 Å². The highest BCUT2D eigenvalue weighted by molar-refractivity contribution is 7.99. The number of nitrogens with zero attached hydrogens (tertiary/aromatic N) is 2. The second-order valence-electron chi connectivity index (χ2n) is 7.18. The van der Waals surface area contributed by atoms with Gasteiger partial charge in [0.2, 0.25) is 0 Å². The fourth-order valence-electron chi connectivity index (χ4n) is 3.37. The van der Waals surface area contributed by atoms with E-state index >= 15 is 0 Å². The first-order valence-electron chi connectivity index (χ1n) is 8.18. The number of anilines is 2. The molecule has 4 heteroatoms. The minimum Gasteiger partial charge on any atom is -0.380 e. The monoisotopic (exact) mass is 305 g/mol. The summed E-state index contributed by atoms with van der Waals surface area (Å²) >= 11 is 2.06.